The van der Waals surface area contributed by atoms with E-state index in [9.17, 15) is 4.79 Å². The molecule has 1 saturated carbocycles. The van der Waals surface area contributed by atoms with Gasteiger partial charge in [-0.05, 0) is 49.1 Å². The van der Waals surface area contributed by atoms with E-state index in [2.05, 4.69) is 33.7 Å². The lowest BCUT2D eigenvalue weighted by molar-refractivity contribution is -0.118. The zero-order chi connectivity index (χ0) is 19.1. The Balaban J connectivity index is 1.59. The first-order valence-corrected chi connectivity index (χ1v) is 10.3. The Labute approximate surface area is 166 Å². The minimum atomic E-state index is 0.0404. The van der Waals surface area contributed by atoms with E-state index < -0.39 is 0 Å². The molecular weight excluding hydrogens is 370 g/mol. The van der Waals surface area contributed by atoms with Crippen molar-refractivity contribution in [2.45, 2.75) is 31.0 Å². The van der Waals surface area contributed by atoms with E-state index in [4.69, 9.17) is 4.98 Å². The predicted molar refractivity (Wildman–Crippen MR) is 110 cm³/mol. The number of carbonyl (C=O) groups excluding carboxylic acids is 1. The van der Waals surface area contributed by atoms with Gasteiger partial charge in [-0.3, -0.25) is 9.20 Å². The molecule has 0 radical (unpaired) electrons. The SMILES string of the molecule is Cc1cc(-c2ccccc2)c2ccc3nnc(SCC(=O)NC4CC4)n3c2n1. The van der Waals surface area contributed by atoms with Crippen molar-refractivity contribution < 1.29 is 4.79 Å². The van der Waals surface area contributed by atoms with Crippen LogP contribution in [0.3, 0.4) is 0 Å². The van der Waals surface area contributed by atoms with Crippen molar-refractivity contribution in [2.75, 3.05) is 5.75 Å². The Kier molecular flexibility index (Phi) is 4.24. The molecular formula is C21H19N5OS. The number of aryl methyl sites for hydroxylation is 1. The fourth-order valence-corrected chi connectivity index (χ4v) is 4.08. The molecule has 0 aliphatic heterocycles. The molecule has 6 nitrogen and oxygen atoms in total. The average Bonchev–Trinajstić information content (AvgIpc) is 3.42. The van der Waals surface area contributed by atoms with Gasteiger partial charge in [0.05, 0.1) is 5.75 Å². The van der Waals surface area contributed by atoms with Crippen LogP contribution in [-0.2, 0) is 4.79 Å². The molecule has 1 N–H and O–H groups in total. The first kappa shape index (κ1) is 17.2. The van der Waals surface area contributed by atoms with Crippen LogP contribution in [0, 0.1) is 6.92 Å². The Morgan fingerprint density at radius 2 is 2.00 bits per heavy atom. The molecule has 7 heteroatoms. The predicted octanol–water partition coefficient (Wildman–Crippen LogP) is 3.62. The number of thioether (sulfide) groups is 1. The second kappa shape index (κ2) is 6.91. The van der Waals surface area contributed by atoms with Crippen LogP contribution in [-0.4, -0.2) is 37.3 Å². The molecule has 1 fully saturated rings. The number of hydrogen-bond donors (Lipinski definition) is 1. The van der Waals surface area contributed by atoms with Crippen LogP contribution >= 0.6 is 11.8 Å². The Morgan fingerprint density at radius 3 is 2.79 bits per heavy atom. The smallest absolute Gasteiger partial charge is 0.230 e. The highest BCUT2D eigenvalue weighted by molar-refractivity contribution is 7.99. The van der Waals surface area contributed by atoms with E-state index in [1.165, 1.54) is 11.8 Å². The normalized spacial score (nSPS) is 13.9. The lowest BCUT2D eigenvalue weighted by atomic mass is 10.0. The Hall–Kier alpha value is -2.93. The van der Waals surface area contributed by atoms with E-state index in [1.807, 2.05) is 41.7 Å². The molecule has 1 aliphatic carbocycles. The van der Waals surface area contributed by atoms with Crippen LogP contribution in [0.5, 0.6) is 0 Å². The first-order chi connectivity index (χ1) is 13.7. The van der Waals surface area contributed by atoms with Gasteiger partial charge < -0.3 is 5.32 Å². The molecule has 1 amide bonds. The second-order valence-electron chi connectivity index (χ2n) is 7.05. The fraction of sp³-hybridized carbons (Fsp3) is 0.238. The minimum absolute atomic E-state index is 0.0404. The van der Waals surface area contributed by atoms with Crippen molar-refractivity contribution >= 4 is 34.3 Å². The summed E-state index contributed by atoms with van der Waals surface area (Å²) in [6.07, 6.45) is 2.17. The molecule has 3 aromatic heterocycles. The summed E-state index contributed by atoms with van der Waals surface area (Å²) < 4.78 is 1.95. The summed E-state index contributed by atoms with van der Waals surface area (Å²) in [6.45, 7) is 1.99. The summed E-state index contributed by atoms with van der Waals surface area (Å²) in [4.78, 5) is 16.9. The van der Waals surface area contributed by atoms with Gasteiger partial charge in [0.2, 0.25) is 5.91 Å². The molecule has 1 aliphatic rings. The standard InChI is InChI=1S/C21H19N5OS/c1-13-11-17(14-5-3-2-4-6-14)16-9-10-18-24-25-21(26(18)20(16)22-13)28-12-19(27)23-15-7-8-15/h2-6,9-11,15H,7-8,12H2,1H3,(H,23,27). The van der Waals surface area contributed by atoms with Crippen molar-refractivity contribution in [3.05, 3.63) is 54.2 Å². The molecule has 0 spiro atoms. The maximum Gasteiger partial charge on any atom is 0.230 e. The molecule has 3 heterocycles. The first-order valence-electron chi connectivity index (χ1n) is 9.32. The van der Waals surface area contributed by atoms with Crippen molar-refractivity contribution in [3.63, 3.8) is 0 Å². The molecule has 140 valence electrons. The van der Waals surface area contributed by atoms with Crippen LogP contribution in [0.2, 0.25) is 0 Å². The summed E-state index contributed by atoms with van der Waals surface area (Å²) in [7, 11) is 0. The minimum Gasteiger partial charge on any atom is -0.353 e. The number of fused-ring (bicyclic) bond motifs is 3. The number of pyridine rings is 2. The topological polar surface area (TPSA) is 72.2 Å². The number of rotatable bonds is 5. The summed E-state index contributed by atoms with van der Waals surface area (Å²) >= 11 is 1.39. The third kappa shape index (κ3) is 3.22. The van der Waals surface area contributed by atoms with Crippen LogP contribution in [0.15, 0.2) is 53.7 Å². The van der Waals surface area contributed by atoms with Crippen LogP contribution in [0.25, 0.3) is 27.8 Å². The van der Waals surface area contributed by atoms with E-state index >= 15 is 0 Å². The molecule has 0 atom stereocenters. The lowest BCUT2D eigenvalue weighted by Crippen LogP contribution is -2.27. The maximum absolute atomic E-state index is 12.1. The number of aromatic nitrogens is 4. The number of amides is 1. The van der Waals surface area contributed by atoms with E-state index in [0.29, 0.717) is 17.0 Å². The third-order valence-corrected chi connectivity index (χ3v) is 5.72. The van der Waals surface area contributed by atoms with Gasteiger partial charge in [-0.2, -0.15) is 0 Å². The second-order valence-corrected chi connectivity index (χ2v) is 8.00. The molecule has 0 unspecified atom stereocenters. The van der Waals surface area contributed by atoms with E-state index in [-0.39, 0.29) is 5.91 Å². The fourth-order valence-electron chi connectivity index (χ4n) is 3.32. The van der Waals surface area contributed by atoms with Gasteiger partial charge in [0.1, 0.15) is 5.65 Å². The molecule has 4 aromatic rings. The highest BCUT2D eigenvalue weighted by Gasteiger charge is 2.23. The van der Waals surface area contributed by atoms with Crippen LogP contribution in [0.1, 0.15) is 18.5 Å². The molecule has 0 saturated heterocycles. The van der Waals surface area contributed by atoms with Crippen molar-refractivity contribution in [1.29, 1.82) is 0 Å². The number of carbonyl (C=O) groups is 1. The van der Waals surface area contributed by atoms with Gasteiger partial charge in [0.15, 0.2) is 10.8 Å². The summed E-state index contributed by atoms with van der Waals surface area (Å²) in [6, 6.07) is 16.7. The third-order valence-electron chi connectivity index (χ3n) is 4.80. The summed E-state index contributed by atoms with van der Waals surface area (Å²) in [5.74, 6) is 0.365. The maximum atomic E-state index is 12.1. The summed E-state index contributed by atoms with van der Waals surface area (Å²) in [5.41, 5.74) is 4.74. The van der Waals surface area contributed by atoms with Gasteiger partial charge in [0.25, 0.3) is 0 Å². The monoisotopic (exact) mass is 389 g/mol. The van der Waals surface area contributed by atoms with Gasteiger partial charge >= 0.3 is 0 Å². The van der Waals surface area contributed by atoms with Gasteiger partial charge in [-0.25, -0.2) is 4.98 Å². The van der Waals surface area contributed by atoms with Crippen LogP contribution in [0.4, 0.5) is 0 Å². The number of nitrogens with one attached hydrogen (secondary N) is 1. The van der Waals surface area contributed by atoms with Gasteiger partial charge in [-0.1, -0.05) is 42.1 Å². The Bertz CT molecular complexity index is 1180. The summed E-state index contributed by atoms with van der Waals surface area (Å²) in [5, 5.41) is 13.3. The van der Waals surface area contributed by atoms with Crippen LogP contribution < -0.4 is 5.32 Å². The molecule has 1 aromatic carbocycles. The van der Waals surface area contributed by atoms with E-state index in [1.54, 1.807) is 0 Å². The quantitative estimate of drug-likeness (QED) is 0.528. The molecule has 5 rings (SSSR count). The largest absolute Gasteiger partial charge is 0.353 e. The Morgan fingerprint density at radius 1 is 1.18 bits per heavy atom. The average molecular weight is 389 g/mol. The van der Waals surface area contributed by atoms with Crippen molar-refractivity contribution in [3.8, 4) is 11.1 Å². The van der Waals surface area contributed by atoms with Gasteiger partial charge in [0, 0.05) is 17.1 Å². The number of hydrogen-bond acceptors (Lipinski definition) is 5. The van der Waals surface area contributed by atoms with Gasteiger partial charge in [-0.15, -0.1) is 10.2 Å². The lowest BCUT2D eigenvalue weighted by Gasteiger charge is -2.10. The van der Waals surface area contributed by atoms with E-state index in [0.717, 1.165) is 46.3 Å². The highest BCUT2D eigenvalue weighted by atomic mass is 32.2. The number of nitrogens with zero attached hydrogens (tertiary/aromatic N) is 4. The zero-order valence-electron chi connectivity index (χ0n) is 15.4. The molecule has 0 bridgehead atoms. The highest BCUT2D eigenvalue weighted by Crippen LogP contribution is 2.31. The number of benzene rings is 1. The van der Waals surface area contributed by atoms with Crippen molar-refractivity contribution in [2.24, 2.45) is 0 Å². The zero-order valence-corrected chi connectivity index (χ0v) is 16.2. The molecule has 28 heavy (non-hydrogen) atoms. The van der Waals surface area contributed by atoms with Crippen molar-refractivity contribution in [1.82, 2.24) is 24.9 Å².